The second-order valence-electron chi connectivity index (χ2n) is 6.07. The summed E-state index contributed by atoms with van der Waals surface area (Å²) in [6.45, 7) is 8.13. The van der Waals surface area contributed by atoms with Gasteiger partial charge in [0.15, 0.2) is 0 Å². The zero-order valence-electron chi connectivity index (χ0n) is 11.7. The van der Waals surface area contributed by atoms with E-state index >= 15 is 0 Å². The summed E-state index contributed by atoms with van der Waals surface area (Å²) in [5.41, 5.74) is 0.112. The zero-order valence-corrected chi connectivity index (χ0v) is 11.7. The highest BCUT2D eigenvalue weighted by Gasteiger charge is 2.19. The monoisotopic (exact) mass is 257 g/mol. The number of hydrogen-bond donors (Lipinski definition) is 2. The van der Waals surface area contributed by atoms with Crippen LogP contribution >= 0.6 is 0 Å². The molecule has 1 aliphatic heterocycles. The quantitative estimate of drug-likeness (QED) is 0.655. The van der Waals surface area contributed by atoms with Crippen molar-refractivity contribution in [2.75, 3.05) is 26.3 Å². The maximum Gasteiger partial charge on any atom is 0.303 e. The number of rotatable bonds is 8. The Balaban J connectivity index is 2.06. The Morgan fingerprint density at radius 1 is 1.33 bits per heavy atom. The van der Waals surface area contributed by atoms with Gasteiger partial charge in [-0.3, -0.25) is 4.79 Å². The molecule has 0 aromatic rings. The Bertz CT molecular complexity index is 247. The minimum Gasteiger partial charge on any atom is -0.481 e. The molecule has 0 bridgehead atoms. The molecule has 0 spiro atoms. The molecule has 0 atom stereocenters. The van der Waals surface area contributed by atoms with Crippen LogP contribution in [0.1, 0.15) is 46.0 Å². The molecule has 0 saturated carbocycles. The summed E-state index contributed by atoms with van der Waals surface area (Å²) < 4.78 is 5.33. The van der Waals surface area contributed by atoms with Gasteiger partial charge >= 0.3 is 5.97 Å². The Labute approximate surface area is 110 Å². The second-order valence-corrected chi connectivity index (χ2v) is 6.07. The van der Waals surface area contributed by atoms with Crippen molar-refractivity contribution in [3.05, 3.63) is 0 Å². The first kappa shape index (κ1) is 15.4. The summed E-state index contributed by atoms with van der Waals surface area (Å²) in [6.07, 6.45) is 4.38. The fourth-order valence-electron chi connectivity index (χ4n) is 2.25. The summed E-state index contributed by atoms with van der Waals surface area (Å²) in [4.78, 5) is 10.6. The van der Waals surface area contributed by atoms with Crippen molar-refractivity contribution in [3.8, 4) is 0 Å². The van der Waals surface area contributed by atoms with Crippen molar-refractivity contribution in [2.45, 2.75) is 46.0 Å². The van der Waals surface area contributed by atoms with E-state index in [0.717, 1.165) is 57.9 Å². The van der Waals surface area contributed by atoms with Crippen LogP contribution in [0, 0.1) is 11.3 Å². The summed E-state index contributed by atoms with van der Waals surface area (Å²) >= 11 is 0. The first-order valence-corrected chi connectivity index (χ1v) is 7.00. The van der Waals surface area contributed by atoms with Crippen molar-refractivity contribution in [2.24, 2.45) is 11.3 Å². The highest BCUT2D eigenvalue weighted by atomic mass is 16.5. The molecule has 0 aliphatic carbocycles. The van der Waals surface area contributed by atoms with Crippen molar-refractivity contribution >= 4 is 5.97 Å². The number of carbonyl (C=O) groups is 1. The first-order valence-electron chi connectivity index (χ1n) is 7.00. The Hall–Kier alpha value is -0.610. The molecule has 0 aromatic carbocycles. The van der Waals surface area contributed by atoms with E-state index in [2.05, 4.69) is 19.2 Å². The number of ether oxygens (including phenoxy) is 1. The topological polar surface area (TPSA) is 58.6 Å². The fraction of sp³-hybridized carbons (Fsp3) is 0.929. The van der Waals surface area contributed by atoms with Gasteiger partial charge in [0.2, 0.25) is 0 Å². The smallest absolute Gasteiger partial charge is 0.303 e. The minimum absolute atomic E-state index is 0.112. The van der Waals surface area contributed by atoms with Crippen LogP contribution in [0.4, 0.5) is 0 Å². The maximum atomic E-state index is 10.6. The van der Waals surface area contributed by atoms with E-state index in [-0.39, 0.29) is 11.8 Å². The lowest BCUT2D eigenvalue weighted by Gasteiger charge is -2.26. The zero-order chi connectivity index (χ0) is 13.4. The average Bonchev–Trinajstić information content (AvgIpc) is 2.34. The first-order chi connectivity index (χ1) is 8.49. The van der Waals surface area contributed by atoms with E-state index in [1.165, 1.54) is 0 Å². The van der Waals surface area contributed by atoms with Gasteiger partial charge in [-0.05, 0) is 50.1 Å². The Morgan fingerprint density at radius 3 is 2.61 bits per heavy atom. The molecule has 1 saturated heterocycles. The van der Waals surface area contributed by atoms with Gasteiger partial charge in [-0.25, -0.2) is 0 Å². The summed E-state index contributed by atoms with van der Waals surface area (Å²) in [7, 11) is 0. The van der Waals surface area contributed by atoms with Crippen LogP contribution in [0.2, 0.25) is 0 Å². The number of carboxylic acid groups (broad SMARTS) is 1. The Morgan fingerprint density at radius 2 is 2.00 bits per heavy atom. The third-order valence-electron chi connectivity index (χ3n) is 3.77. The molecule has 18 heavy (non-hydrogen) atoms. The average molecular weight is 257 g/mol. The van der Waals surface area contributed by atoms with Crippen LogP contribution in [0.25, 0.3) is 0 Å². The molecule has 0 unspecified atom stereocenters. The van der Waals surface area contributed by atoms with Crippen LogP contribution in [0.5, 0.6) is 0 Å². The largest absolute Gasteiger partial charge is 0.481 e. The molecule has 1 heterocycles. The molecule has 4 heteroatoms. The lowest BCUT2D eigenvalue weighted by Crippen LogP contribution is -2.30. The van der Waals surface area contributed by atoms with E-state index in [4.69, 9.17) is 9.84 Å². The molecule has 1 rings (SSSR count). The van der Waals surface area contributed by atoms with Gasteiger partial charge in [0, 0.05) is 19.6 Å². The van der Waals surface area contributed by atoms with E-state index in [0.29, 0.717) is 0 Å². The molecule has 0 aromatic heterocycles. The lowest BCUT2D eigenvalue weighted by atomic mass is 9.84. The third-order valence-corrected chi connectivity index (χ3v) is 3.77. The normalized spacial score (nSPS) is 17.9. The molecule has 1 fully saturated rings. The van der Waals surface area contributed by atoms with Crippen molar-refractivity contribution < 1.29 is 14.6 Å². The van der Waals surface area contributed by atoms with Crippen molar-refractivity contribution in [1.82, 2.24) is 5.32 Å². The van der Waals surface area contributed by atoms with Crippen LogP contribution in [-0.4, -0.2) is 37.4 Å². The van der Waals surface area contributed by atoms with Gasteiger partial charge < -0.3 is 15.2 Å². The molecule has 0 amide bonds. The molecule has 0 radical (unpaired) electrons. The highest BCUT2D eigenvalue weighted by molar-refractivity contribution is 5.66. The fourth-order valence-corrected chi connectivity index (χ4v) is 2.25. The van der Waals surface area contributed by atoms with E-state index in [9.17, 15) is 4.79 Å². The van der Waals surface area contributed by atoms with Crippen molar-refractivity contribution in [3.63, 3.8) is 0 Å². The summed E-state index contributed by atoms with van der Waals surface area (Å²) in [5, 5.41) is 12.2. The molecular weight excluding hydrogens is 230 g/mol. The van der Waals surface area contributed by atoms with Crippen LogP contribution < -0.4 is 5.32 Å². The SMILES string of the molecule is CC(C)(CCNCC1CCOCC1)CCC(=O)O. The predicted octanol–water partition coefficient (Wildman–Crippen LogP) is 2.28. The van der Waals surface area contributed by atoms with Gasteiger partial charge in [-0.1, -0.05) is 13.8 Å². The number of carboxylic acids is 1. The number of aliphatic carboxylic acids is 1. The Kier molecular flexibility index (Phi) is 6.65. The number of nitrogens with one attached hydrogen (secondary N) is 1. The van der Waals surface area contributed by atoms with Crippen LogP contribution in [0.3, 0.4) is 0 Å². The van der Waals surface area contributed by atoms with Gasteiger partial charge in [-0.15, -0.1) is 0 Å². The molecule has 1 aliphatic rings. The molecule has 106 valence electrons. The number of hydrogen-bond acceptors (Lipinski definition) is 3. The van der Waals surface area contributed by atoms with Gasteiger partial charge in [0.1, 0.15) is 0 Å². The van der Waals surface area contributed by atoms with Crippen LogP contribution in [-0.2, 0) is 9.53 Å². The predicted molar refractivity (Wildman–Crippen MR) is 71.7 cm³/mol. The van der Waals surface area contributed by atoms with E-state index in [1.54, 1.807) is 0 Å². The lowest BCUT2D eigenvalue weighted by molar-refractivity contribution is -0.137. The minimum atomic E-state index is -0.696. The summed E-state index contributed by atoms with van der Waals surface area (Å²) in [6, 6.07) is 0. The van der Waals surface area contributed by atoms with Gasteiger partial charge in [0.05, 0.1) is 0 Å². The second kappa shape index (κ2) is 7.74. The maximum absolute atomic E-state index is 10.6. The molecular formula is C14H27NO3. The summed E-state index contributed by atoms with van der Waals surface area (Å²) in [5.74, 6) is 0.0547. The third kappa shape index (κ3) is 6.97. The van der Waals surface area contributed by atoms with E-state index in [1.807, 2.05) is 0 Å². The molecule has 2 N–H and O–H groups in total. The van der Waals surface area contributed by atoms with Gasteiger partial charge in [0.25, 0.3) is 0 Å². The standard InChI is InChI=1S/C14H27NO3/c1-14(2,6-3-13(16)17)7-8-15-11-12-4-9-18-10-5-12/h12,15H,3-11H2,1-2H3,(H,16,17). The van der Waals surface area contributed by atoms with Crippen molar-refractivity contribution in [1.29, 1.82) is 0 Å². The van der Waals surface area contributed by atoms with E-state index < -0.39 is 5.97 Å². The van der Waals surface area contributed by atoms with Crippen LogP contribution in [0.15, 0.2) is 0 Å². The highest BCUT2D eigenvalue weighted by Crippen LogP contribution is 2.26. The molecule has 4 nitrogen and oxygen atoms in total. The van der Waals surface area contributed by atoms with Gasteiger partial charge in [-0.2, -0.15) is 0 Å².